The second kappa shape index (κ2) is 3.79. The van der Waals surface area contributed by atoms with Gasteiger partial charge in [0.1, 0.15) is 0 Å². The number of hydrogen-bond acceptors (Lipinski definition) is 1. The van der Waals surface area contributed by atoms with Gasteiger partial charge in [0.05, 0.1) is 0 Å². The lowest BCUT2D eigenvalue weighted by Crippen LogP contribution is -2.28. The number of nitriles is 1. The fourth-order valence-electron chi connectivity index (χ4n) is 2.27. The molecule has 0 aliphatic heterocycles. The second-order valence-corrected chi connectivity index (χ2v) is 4.72. The molecule has 0 aromatic heterocycles. The van der Waals surface area contributed by atoms with Crippen LogP contribution in [0.2, 0.25) is 0 Å². The average Bonchev–Trinajstić information content (AvgIpc) is 2.05. The van der Waals surface area contributed by atoms with Gasteiger partial charge in [-0.1, -0.05) is 20.3 Å². The van der Waals surface area contributed by atoms with Crippen molar-refractivity contribution in [2.75, 3.05) is 0 Å². The molecule has 1 fully saturated rings. The highest BCUT2D eigenvalue weighted by Crippen LogP contribution is 2.40. The largest absolute Gasteiger partial charge is 0.309 e. The molecule has 0 N–H and O–H groups in total. The standard InChI is InChI=1S/C11H16N2/c1-11(2)6-4-5-9(7-11)10(8-12)13-3/h9-10H,4-7H2,1-2H3. The first-order chi connectivity index (χ1) is 6.09. The summed E-state index contributed by atoms with van der Waals surface area (Å²) >= 11 is 0. The summed E-state index contributed by atoms with van der Waals surface area (Å²) in [4.78, 5) is 3.38. The summed E-state index contributed by atoms with van der Waals surface area (Å²) in [7, 11) is 0. The van der Waals surface area contributed by atoms with Gasteiger partial charge in [-0.05, 0) is 24.7 Å². The highest BCUT2D eigenvalue weighted by molar-refractivity contribution is 5.04. The molecule has 1 aliphatic carbocycles. The second-order valence-electron chi connectivity index (χ2n) is 4.72. The van der Waals surface area contributed by atoms with Crippen molar-refractivity contribution in [3.8, 4) is 6.07 Å². The molecule has 0 bridgehead atoms. The zero-order valence-corrected chi connectivity index (χ0v) is 8.38. The summed E-state index contributed by atoms with van der Waals surface area (Å²) in [5.41, 5.74) is 0.336. The summed E-state index contributed by atoms with van der Waals surface area (Å²) in [6, 6.07) is 1.70. The Bertz CT molecular complexity index is 240. The molecule has 0 aromatic carbocycles. The van der Waals surface area contributed by atoms with Crippen molar-refractivity contribution in [1.82, 2.24) is 0 Å². The highest BCUT2D eigenvalue weighted by atomic mass is 14.7. The van der Waals surface area contributed by atoms with Gasteiger partial charge in [-0.15, -0.1) is 0 Å². The predicted molar refractivity (Wildman–Crippen MR) is 51.7 cm³/mol. The van der Waals surface area contributed by atoms with Gasteiger partial charge in [-0.3, -0.25) is 4.85 Å². The quantitative estimate of drug-likeness (QED) is 0.564. The van der Waals surface area contributed by atoms with E-state index in [0.29, 0.717) is 11.3 Å². The fraction of sp³-hybridized carbons (Fsp3) is 0.818. The first-order valence-electron chi connectivity index (χ1n) is 4.85. The summed E-state index contributed by atoms with van der Waals surface area (Å²) in [5.74, 6) is 0.311. The monoisotopic (exact) mass is 176 g/mol. The Morgan fingerprint density at radius 3 is 2.77 bits per heavy atom. The van der Waals surface area contributed by atoms with Gasteiger partial charge in [0, 0.05) is 5.92 Å². The van der Waals surface area contributed by atoms with Gasteiger partial charge in [0.15, 0.2) is 6.07 Å². The molecule has 2 heteroatoms. The van der Waals surface area contributed by atoms with Gasteiger partial charge in [-0.25, -0.2) is 6.57 Å². The van der Waals surface area contributed by atoms with Crippen LogP contribution in [0.15, 0.2) is 0 Å². The van der Waals surface area contributed by atoms with Crippen LogP contribution in [0.5, 0.6) is 0 Å². The van der Waals surface area contributed by atoms with E-state index < -0.39 is 6.04 Å². The van der Waals surface area contributed by atoms with Crippen molar-refractivity contribution in [3.63, 3.8) is 0 Å². The topological polar surface area (TPSA) is 28.1 Å². The molecular weight excluding hydrogens is 160 g/mol. The number of nitrogens with zero attached hydrogens (tertiary/aromatic N) is 2. The zero-order chi connectivity index (χ0) is 9.90. The van der Waals surface area contributed by atoms with Gasteiger partial charge in [0.25, 0.3) is 0 Å². The van der Waals surface area contributed by atoms with E-state index >= 15 is 0 Å². The van der Waals surface area contributed by atoms with Crippen LogP contribution in [0.25, 0.3) is 4.85 Å². The molecule has 0 aromatic rings. The Morgan fingerprint density at radius 1 is 1.62 bits per heavy atom. The third-order valence-electron chi connectivity index (χ3n) is 2.96. The number of hydrogen-bond donors (Lipinski definition) is 0. The van der Waals surface area contributed by atoms with Gasteiger partial charge in [-0.2, -0.15) is 5.26 Å². The van der Waals surface area contributed by atoms with E-state index in [-0.39, 0.29) is 0 Å². The van der Waals surface area contributed by atoms with Crippen LogP contribution < -0.4 is 0 Å². The molecule has 1 rings (SSSR count). The van der Waals surface area contributed by atoms with Gasteiger partial charge < -0.3 is 0 Å². The Kier molecular flexibility index (Phi) is 2.94. The first-order valence-corrected chi connectivity index (χ1v) is 4.85. The van der Waals surface area contributed by atoms with E-state index in [1.54, 1.807) is 0 Å². The molecular formula is C11H16N2. The molecule has 13 heavy (non-hydrogen) atoms. The maximum atomic E-state index is 8.78. The smallest absolute Gasteiger partial charge is 0.297 e. The molecule has 2 atom stereocenters. The molecule has 2 nitrogen and oxygen atoms in total. The van der Waals surface area contributed by atoms with Crippen molar-refractivity contribution in [2.24, 2.45) is 11.3 Å². The Labute approximate surface area is 80.4 Å². The van der Waals surface area contributed by atoms with Gasteiger partial charge in [0.2, 0.25) is 0 Å². The lowest BCUT2D eigenvalue weighted by molar-refractivity contribution is 0.179. The minimum absolute atomic E-state index is 0.311. The maximum Gasteiger partial charge on any atom is 0.309 e. The van der Waals surface area contributed by atoms with Crippen molar-refractivity contribution in [2.45, 2.75) is 45.6 Å². The van der Waals surface area contributed by atoms with E-state index in [1.807, 2.05) is 0 Å². The minimum atomic E-state index is -0.403. The van der Waals surface area contributed by atoms with Crippen molar-refractivity contribution >= 4 is 0 Å². The molecule has 0 spiro atoms. The van der Waals surface area contributed by atoms with Crippen LogP contribution in [0, 0.1) is 29.2 Å². The van der Waals surface area contributed by atoms with E-state index in [9.17, 15) is 0 Å². The first kappa shape index (κ1) is 10.1. The lowest BCUT2D eigenvalue weighted by Gasteiger charge is -2.33. The summed E-state index contributed by atoms with van der Waals surface area (Å²) in [6.07, 6.45) is 4.50. The molecule has 0 heterocycles. The average molecular weight is 176 g/mol. The molecule has 70 valence electrons. The Hall–Kier alpha value is -1.02. The predicted octanol–water partition coefficient (Wildman–Crippen LogP) is 3.01. The number of rotatable bonds is 1. The summed E-state index contributed by atoms with van der Waals surface area (Å²) in [5, 5.41) is 8.78. The lowest BCUT2D eigenvalue weighted by atomic mass is 9.70. The highest BCUT2D eigenvalue weighted by Gasteiger charge is 2.35. The molecule has 0 amide bonds. The Morgan fingerprint density at radius 2 is 2.31 bits per heavy atom. The molecule has 1 saturated carbocycles. The fourth-order valence-corrected chi connectivity index (χ4v) is 2.27. The maximum absolute atomic E-state index is 8.78. The summed E-state index contributed by atoms with van der Waals surface area (Å²) in [6.45, 7) is 11.4. The summed E-state index contributed by atoms with van der Waals surface area (Å²) < 4.78 is 0. The molecule has 1 aliphatic rings. The van der Waals surface area contributed by atoms with Crippen LogP contribution in [-0.2, 0) is 0 Å². The normalized spacial score (nSPS) is 28.5. The zero-order valence-electron chi connectivity index (χ0n) is 8.38. The Balaban J connectivity index is 2.63. The van der Waals surface area contributed by atoms with Crippen LogP contribution >= 0.6 is 0 Å². The van der Waals surface area contributed by atoms with E-state index in [2.05, 4.69) is 24.8 Å². The van der Waals surface area contributed by atoms with Crippen molar-refractivity contribution < 1.29 is 0 Å². The van der Waals surface area contributed by atoms with Gasteiger partial charge >= 0.3 is 6.04 Å². The van der Waals surface area contributed by atoms with E-state index in [4.69, 9.17) is 11.8 Å². The van der Waals surface area contributed by atoms with Crippen LogP contribution in [0.3, 0.4) is 0 Å². The third kappa shape index (κ3) is 2.46. The van der Waals surface area contributed by atoms with E-state index in [0.717, 1.165) is 12.8 Å². The van der Waals surface area contributed by atoms with Crippen LogP contribution in [0.4, 0.5) is 0 Å². The minimum Gasteiger partial charge on any atom is -0.297 e. The molecule has 0 saturated heterocycles. The van der Waals surface area contributed by atoms with Crippen molar-refractivity contribution in [1.29, 1.82) is 5.26 Å². The van der Waals surface area contributed by atoms with E-state index in [1.165, 1.54) is 12.8 Å². The SMILES string of the molecule is [C-]#[N+]C(C#N)C1CCCC(C)(C)C1. The van der Waals surface area contributed by atoms with Crippen molar-refractivity contribution in [3.05, 3.63) is 11.4 Å². The third-order valence-corrected chi connectivity index (χ3v) is 2.96. The molecule has 0 radical (unpaired) electrons. The van der Waals surface area contributed by atoms with Crippen LogP contribution in [0.1, 0.15) is 39.5 Å². The molecule has 2 unspecified atom stereocenters. The van der Waals surface area contributed by atoms with Crippen LogP contribution in [-0.4, -0.2) is 6.04 Å².